The quantitative estimate of drug-likeness (QED) is 0.907. The van der Waals surface area contributed by atoms with Crippen molar-refractivity contribution in [2.45, 2.75) is 58.7 Å². The fourth-order valence-electron chi connectivity index (χ4n) is 2.84. The molecule has 0 bridgehead atoms. The number of aromatic nitrogens is 3. The van der Waals surface area contributed by atoms with Gasteiger partial charge in [-0.05, 0) is 38.8 Å². The first-order valence-electron chi connectivity index (χ1n) is 8.15. The summed E-state index contributed by atoms with van der Waals surface area (Å²) < 4.78 is 7.65. The highest BCUT2D eigenvalue weighted by molar-refractivity contribution is 5.74. The number of carbonyl (C=O) groups is 1. The van der Waals surface area contributed by atoms with E-state index in [4.69, 9.17) is 4.42 Å². The van der Waals surface area contributed by atoms with Crippen LogP contribution in [0.2, 0.25) is 0 Å². The second kappa shape index (κ2) is 6.85. The maximum atomic E-state index is 12.0. The molecule has 2 aromatic heterocycles. The molecule has 1 aliphatic rings. The van der Waals surface area contributed by atoms with Crippen LogP contribution in [0.4, 0.5) is 4.79 Å². The molecule has 1 atom stereocenters. The monoisotopic (exact) mass is 317 g/mol. The average Bonchev–Trinajstić information content (AvgIpc) is 3.05. The lowest BCUT2D eigenvalue weighted by Crippen LogP contribution is -2.37. The van der Waals surface area contributed by atoms with Gasteiger partial charge in [0.15, 0.2) is 5.82 Å². The number of carbonyl (C=O) groups excluding carboxylic acids is 1. The summed E-state index contributed by atoms with van der Waals surface area (Å²) in [5, 5.41) is 14.1. The van der Waals surface area contributed by atoms with Gasteiger partial charge in [0.25, 0.3) is 0 Å². The van der Waals surface area contributed by atoms with Gasteiger partial charge in [0, 0.05) is 13.0 Å². The maximum absolute atomic E-state index is 12.0. The number of rotatable bonds is 4. The topological polar surface area (TPSA) is 85.0 Å². The molecule has 0 radical (unpaired) electrons. The molecule has 7 nitrogen and oxygen atoms in total. The zero-order valence-electron chi connectivity index (χ0n) is 13.6. The van der Waals surface area contributed by atoms with Crippen molar-refractivity contribution in [3.63, 3.8) is 0 Å². The van der Waals surface area contributed by atoms with Crippen LogP contribution in [-0.4, -0.2) is 20.8 Å². The highest BCUT2D eigenvalue weighted by Crippen LogP contribution is 2.16. The third-order valence-corrected chi connectivity index (χ3v) is 4.13. The maximum Gasteiger partial charge on any atom is 0.315 e. The Bertz CT molecular complexity index is 676. The highest BCUT2D eigenvalue weighted by Gasteiger charge is 2.16. The molecular weight excluding hydrogens is 294 g/mol. The zero-order valence-corrected chi connectivity index (χ0v) is 13.6. The lowest BCUT2D eigenvalue weighted by Gasteiger charge is -2.13. The number of fused-ring (bicyclic) bond motifs is 1. The largest absolute Gasteiger partial charge is 0.464 e. The van der Waals surface area contributed by atoms with Crippen LogP contribution in [0.15, 0.2) is 16.5 Å². The summed E-state index contributed by atoms with van der Waals surface area (Å²) in [7, 11) is 0. The number of amides is 2. The first kappa shape index (κ1) is 15.6. The molecule has 0 saturated heterocycles. The van der Waals surface area contributed by atoms with Crippen LogP contribution in [-0.2, 0) is 19.5 Å². The van der Waals surface area contributed by atoms with Crippen molar-refractivity contribution >= 4 is 6.03 Å². The summed E-state index contributed by atoms with van der Waals surface area (Å²) in [6.07, 6.45) is 4.48. The molecule has 2 aromatic rings. The Hall–Kier alpha value is -2.31. The van der Waals surface area contributed by atoms with Crippen LogP contribution >= 0.6 is 0 Å². The van der Waals surface area contributed by atoms with Gasteiger partial charge in [0.1, 0.15) is 17.3 Å². The first-order chi connectivity index (χ1) is 11.1. The molecule has 0 aliphatic carbocycles. The number of furan rings is 1. The number of hydrogen-bond acceptors (Lipinski definition) is 4. The lowest BCUT2D eigenvalue weighted by molar-refractivity contribution is 0.235. The summed E-state index contributed by atoms with van der Waals surface area (Å²) in [6.45, 7) is 5.08. The van der Waals surface area contributed by atoms with Crippen LogP contribution in [0, 0.1) is 6.92 Å². The fourth-order valence-corrected chi connectivity index (χ4v) is 2.84. The van der Waals surface area contributed by atoms with E-state index in [1.165, 1.54) is 6.42 Å². The van der Waals surface area contributed by atoms with Gasteiger partial charge in [0.05, 0.1) is 12.6 Å². The van der Waals surface area contributed by atoms with Gasteiger partial charge in [-0.25, -0.2) is 4.79 Å². The minimum Gasteiger partial charge on any atom is -0.464 e. The number of hydrogen-bond donors (Lipinski definition) is 2. The van der Waals surface area contributed by atoms with Gasteiger partial charge < -0.3 is 19.6 Å². The molecule has 1 aliphatic heterocycles. The van der Waals surface area contributed by atoms with Crippen molar-refractivity contribution < 1.29 is 9.21 Å². The van der Waals surface area contributed by atoms with Crippen LogP contribution in [0.3, 0.4) is 0 Å². The molecule has 23 heavy (non-hydrogen) atoms. The van der Waals surface area contributed by atoms with Gasteiger partial charge in [-0.3, -0.25) is 0 Å². The highest BCUT2D eigenvalue weighted by atomic mass is 16.3. The van der Waals surface area contributed by atoms with Crippen LogP contribution in [0.1, 0.15) is 55.4 Å². The fraction of sp³-hybridized carbons (Fsp3) is 0.562. The molecule has 0 aromatic carbocycles. The molecule has 0 fully saturated rings. The SMILES string of the molecule is Cc1ccc([C@@H](C)NC(=O)NCc2nnc3n2CCCCC3)o1. The van der Waals surface area contributed by atoms with Crippen molar-refractivity contribution in [2.75, 3.05) is 0 Å². The Balaban J connectivity index is 1.54. The van der Waals surface area contributed by atoms with E-state index in [-0.39, 0.29) is 12.1 Å². The zero-order chi connectivity index (χ0) is 16.2. The molecule has 0 spiro atoms. The summed E-state index contributed by atoms with van der Waals surface area (Å²) >= 11 is 0. The van der Waals surface area contributed by atoms with Gasteiger partial charge >= 0.3 is 6.03 Å². The van der Waals surface area contributed by atoms with Crippen molar-refractivity contribution in [1.29, 1.82) is 0 Å². The van der Waals surface area contributed by atoms with Crippen LogP contribution in [0.5, 0.6) is 0 Å². The van der Waals surface area contributed by atoms with E-state index in [9.17, 15) is 4.79 Å². The predicted octanol–water partition coefficient (Wildman–Crippen LogP) is 2.47. The Morgan fingerprint density at radius 1 is 1.35 bits per heavy atom. The molecule has 3 rings (SSSR count). The molecular formula is C16H23N5O2. The third kappa shape index (κ3) is 3.72. The second-order valence-corrected chi connectivity index (χ2v) is 5.99. The van der Waals surface area contributed by atoms with E-state index in [2.05, 4.69) is 25.4 Å². The molecule has 3 heterocycles. The molecule has 2 amide bonds. The number of nitrogens with one attached hydrogen (secondary N) is 2. The summed E-state index contributed by atoms with van der Waals surface area (Å²) in [4.78, 5) is 12.0. The van der Waals surface area contributed by atoms with Crippen molar-refractivity contribution in [3.05, 3.63) is 35.3 Å². The minimum atomic E-state index is -0.238. The van der Waals surface area contributed by atoms with E-state index < -0.39 is 0 Å². The predicted molar refractivity (Wildman–Crippen MR) is 84.8 cm³/mol. The standard InChI is InChI=1S/C16H23N5O2/c1-11-7-8-13(23-11)12(2)18-16(22)17-10-15-20-19-14-6-4-3-5-9-21(14)15/h7-8,12H,3-6,9-10H2,1-2H3,(H2,17,18,22)/t12-/m1/s1. The molecule has 7 heteroatoms. The Morgan fingerprint density at radius 2 is 2.22 bits per heavy atom. The normalized spacial score (nSPS) is 15.6. The van der Waals surface area contributed by atoms with E-state index in [1.807, 2.05) is 26.0 Å². The lowest BCUT2D eigenvalue weighted by atomic mass is 10.2. The first-order valence-corrected chi connectivity index (χ1v) is 8.15. The van der Waals surface area contributed by atoms with Gasteiger partial charge in [-0.1, -0.05) is 6.42 Å². The van der Waals surface area contributed by atoms with Crippen molar-refractivity contribution in [2.24, 2.45) is 0 Å². The van der Waals surface area contributed by atoms with Gasteiger partial charge in [0.2, 0.25) is 0 Å². The summed E-state index contributed by atoms with van der Waals surface area (Å²) in [5.41, 5.74) is 0. The van der Waals surface area contributed by atoms with E-state index in [0.29, 0.717) is 6.54 Å². The average molecular weight is 317 g/mol. The van der Waals surface area contributed by atoms with Gasteiger partial charge in [-0.2, -0.15) is 0 Å². The molecule has 2 N–H and O–H groups in total. The molecule has 124 valence electrons. The summed E-state index contributed by atoms with van der Waals surface area (Å²) in [5.74, 6) is 3.42. The van der Waals surface area contributed by atoms with Crippen LogP contribution in [0.25, 0.3) is 0 Å². The minimum absolute atomic E-state index is 0.181. The van der Waals surface area contributed by atoms with Crippen molar-refractivity contribution in [1.82, 2.24) is 25.4 Å². The number of urea groups is 1. The van der Waals surface area contributed by atoms with E-state index >= 15 is 0 Å². The molecule has 0 saturated carbocycles. The smallest absolute Gasteiger partial charge is 0.315 e. The summed E-state index contributed by atoms with van der Waals surface area (Å²) in [6, 6.07) is 3.34. The van der Waals surface area contributed by atoms with Crippen molar-refractivity contribution in [3.8, 4) is 0 Å². The Morgan fingerprint density at radius 3 is 3.00 bits per heavy atom. The molecule has 0 unspecified atom stereocenters. The van der Waals surface area contributed by atoms with Gasteiger partial charge in [-0.15, -0.1) is 10.2 Å². The Labute approximate surface area is 135 Å². The van der Waals surface area contributed by atoms with E-state index in [0.717, 1.165) is 49.0 Å². The third-order valence-electron chi connectivity index (χ3n) is 4.13. The van der Waals surface area contributed by atoms with E-state index in [1.54, 1.807) is 0 Å². The number of nitrogens with zero attached hydrogens (tertiary/aromatic N) is 3. The van der Waals surface area contributed by atoms with Crippen LogP contribution < -0.4 is 10.6 Å². The second-order valence-electron chi connectivity index (χ2n) is 5.99. The number of aryl methyl sites for hydroxylation is 2. The Kier molecular flexibility index (Phi) is 4.64.